The molecule has 0 atom stereocenters. The SMILES string of the molecule is Cc1cc(C(=O)NC(C)(C)C)nc(-c2ccc3[nH]c4c(c3c2)C(=O)c2cnccc2C4=O)c1. The van der Waals surface area contributed by atoms with E-state index in [9.17, 15) is 14.4 Å². The number of aryl methyl sites for hydroxylation is 1. The summed E-state index contributed by atoms with van der Waals surface area (Å²) in [5.41, 5.74) is 4.15. The molecule has 3 heterocycles. The Morgan fingerprint density at radius 3 is 2.55 bits per heavy atom. The maximum Gasteiger partial charge on any atom is 0.270 e. The molecule has 0 unspecified atom stereocenters. The van der Waals surface area contributed by atoms with Crippen LogP contribution in [0.15, 0.2) is 48.8 Å². The van der Waals surface area contributed by atoms with Crippen molar-refractivity contribution < 1.29 is 14.4 Å². The van der Waals surface area contributed by atoms with Gasteiger partial charge in [0, 0.05) is 40.0 Å². The molecule has 0 spiro atoms. The topological polar surface area (TPSA) is 105 Å². The van der Waals surface area contributed by atoms with Gasteiger partial charge < -0.3 is 10.3 Å². The Kier molecular flexibility index (Phi) is 4.53. The highest BCUT2D eigenvalue weighted by Gasteiger charge is 2.33. The summed E-state index contributed by atoms with van der Waals surface area (Å²) in [7, 11) is 0. The summed E-state index contributed by atoms with van der Waals surface area (Å²) in [4.78, 5) is 50.6. The summed E-state index contributed by atoms with van der Waals surface area (Å²) in [6, 6.07) is 10.7. The third kappa shape index (κ3) is 3.51. The van der Waals surface area contributed by atoms with Gasteiger partial charge in [0.2, 0.25) is 5.78 Å². The maximum absolute atomic E-state index is 13.2. The Morgan fingerprint density at radius 2 is 1.79 bits per heavy atom. The number of nitrogens with one attached hydrogen (secondary N) is 2. The molecule has 1 aromatic carbocycles. The molecule has 164 valence electrons. The van der Waals surface area contributed by atoms with Crippen LogP contribution in [-0.2, 0) is 0 Å². The van der Waals surface area contributed by atoms with Gasteiger partial charge in [-0.1, -0.05) is 6.07 Å². The normalized spacial score (nSPS) is 13.1. The van der Waals surface area contributed by atoms with E-state index in [1.807, 2.05) is 52.0 Å². The zero-order valence-electron chi connectivity index (χ0n) is 18.7. The summed E-state index contributed by atoms with van der Waals surface area (Å²) in [5.74, 6) is -0.717. The first-order chi connectivity index (χ1) is 15.6. The lowest BCUT2D eigenvalue weighted by Crippen LogP contribution is -2.41. The predicted molar refractivity (Wildman–Crippen MR) is 125 cm³/mol. The van der Waals surface area contributed by atoms with Crippen molar-refractivity contribution in [2.75, 3.05) is 0 Å². The lowest BCUT2D eigenvalue weighted by Gasteiger charge is -2.20. The first-order valence-electron chi connectivity index (χ1n) is 10.6. The van der Waals surface area contributed by atoms with Crippen molar-refractivity contribution in [2.45, 2.75) is 33.2 Å². The third-order valence-electron chi connectivity index (χ3n) is 5.55. The number of H-pyrrole nitrogens is 1. The molecule has 1 aliphatic carbocycles. The molecule has 7 heteroatoms. The van der Waals surface area contributed by atoms with Gasteiger partial charge in [-0.15, -0.1) is 0 Å². The van der Waals surface area contributed by atoms with E-state index < -0.39 is 0 Å². The number of rotatable bonds is 2. The van der Waals surface area contributed by atoms with E-state index in [0.717, 1.165) is 11.1 Å². The van der Waals surface area contributed by atoms with Gasteiger partial charge in [-0.2, -0.15) is 0 Å². The average molecular weight is 438 g/mol. The fourth-order valence-corrected chi connectivity index (χ4v) is 4.14. The van der Waals surface area contributed by atoms with Gasteiger partial charge in [0.05, 0.1) is 22.5 Å². The maximum atomic E-state index is 13.2. The lowest BCUT2D eigenvalue weighted by molar-refractivity contribution is 0.0913. The molecule has 7 nitrogen and oxygen atoms in total. The summed E-state index contributed by atoms with van der Waals surface area (Å²) in [6.07, 6.45) is 2.94. The molecule has 33 heavy (non-hydrogen) atoms. The Bertz CT molecular complexity index is 1490. The van der Waals surface area contributed by atoms with Crippen LogP contribution in [0.5, 0.6) is 0 Å². The quantitative estimate of drug-likeness (QED) is 0.429. The summed E-state index contributed by atoms with van der Waals surface area (Å²) in [6.45, 7) is 7.64. The van der Waals surface area contributed by atoms with Crippen molar-refractivity contribution >= 4 is 28.4 Å². The van der Waals surface area contributed by atoms with E-state index >= 15 is 0 Å². The van der Waals surface area contributed by atoms with Crippen LogP contribution in [-0.4, -0.2) is 38.0 Å². The minimum absolute atomic E-state index is 0.227. The van der Waals surface area contributed by atoms with Crippen molar-refractivity contribution in [3.05, 3.63) is 82.4 Å². The van der Waals surface area contributed by atoms with Crippen LogP contribution in [0.1, 0.15) is 68.8 Å². The first-order valence-corrected chi connectivity index (χ1v) is 10.6. The van der Waals surface area contributed by atoms with Crippen LogP contribution in [0.25, 0.3) is 22.2 Å². The number of benzene rings is 1. The number of hydrogen-bond donors (Lipinski definition) is 2. The van der Waals surface area contributed by atoms with Gasteiger partial charge in [0.25, 0.3) is 5.91 Å². The second kappa shape index (κ2) is 7.20. The molecule has 0 saturated heterocycles. The Hall–Kier alpha value is -4.13. The molecule has 3 aromatic heterocycles. The summed E-state index contributed by atoms with van der Waals surface area (Å²) >= 11 is 0. The van der Waals surface area contributed by atoms with Crippen LogP contribution < -0.4 is 5.32 Å². The number of aromatic nitrogens is 3. The number of hydrogen-bond acceptors (Lipinski definition) is 5. The summed E-state index contributed by atoms with van der Waals surface area (Å²) in [5, 5.41) is 3.57. The number of ketones is 2. The van der Waals surface area contributed by atoms with Crippen molar-refractivity contribution in [2.24, 2.45) is 0 Å². The lowest BCUT2D eigenvalue weighted by atomic mass is 9.88. The van der Waals surface area contributed by atoms with Crippen LogP contribution in [0.3, 0.4) is 0 Å². The van der Waals surface area contributed by atoms with Crippen LogP contribution in [0, 0.1) is 6.92 Å². The largest absolute Gasteiger partial charge is 0.351 e. The van der Waals surface area contributed by atoms with Crippen LogP contribution in [0.2, 0.25) is 0 Å². The van der Waals surface area contributed by atoms with Gasteiger partial charge in [-0.25, -0.2) is 4.98 Å². The van der Waals surface area contributed by atoms with Crippen molar-refractivity contribution in [1.29, 1.82) is 0 Å². The first kappa shape index (κ1) is 20.8. The summed E-state index contributed by atoms with van der Waals surface area (Å²) < 4.78 is 0. The molecule has 0 bridgehead atoms. The van der Waals surface area contributed by atoms with E-state index in [1.54, 1.807) is 12.1 Å². The Balaban J connectivity index is 1.63. The zero-order chi connectivity index (χ0) is 23.5. The minimum atomic E-state index is -0.385. The Labute approximate surface area is 190 Å². The second-order valence-corrected chi connectivity index (χ2v) is 9.33. The molecule has 0 radical (unpaired) electrons. The van der Waals surface area contributed by atoms with Gasteiger partial charge >= 0.3 is 0 Å². The fraction of sp³-hybridized carbons (Fsp3) is 0.192. The number of amides is 1. The zero-order valence-corrected chi connectivity index (χ0v) is 18.7. The highest BCUT2D eigenvalue weighted by molar-refractivity contribution is 6.32. The third-order valence-corrected chi connectivity index (χ3v) is 5.55. The van der Waals surface area contributed by atoms with E-state index in [4.69, 9.17) is 0 Å². The van der Waals surface area contributed by atoms with Gasteiger partial charge in [0.15, 0.2) is 5.78 Å². The van der Waals surface area contributed by atoms with E-state index in [2.05, 4.69) is 20.3 Å². The minimum Gasteiger partial charge on any atom is -0.351 e. The number of carbonyl (C=O) groups is 3. The predicted octanol–water partition coefficient (Wildman–Crippen LogP) is 4.24. The van der Waals surface area contributed by atoms with Crippen molar-refractivity contribution in [3.63, 3.8) is 0 Å². The average Bonchev–Trinajstić information content (AvgIpc) is 3.15. The molecule has 0 fully saturated rings. The fourth-order valence-electron chi connectivity index (χ4n) is 4.14. The van der Waals surface area contributed by atoms with Gasteiger partial charge in [-0.3, -0.25) is 19.4 Å². The monoisotopic (exact) mass is 438 g/mol. The molecule has 1 aliphatic rings. The van der Waals surface area contributed by atoms with Crippen LogP contribution in [0.4, 0.5) is 0 Å². The highest BCUT2D eigenvalue weighted by Crippen LogP contribution is 2.34. The molecular weight excluding hydrogens is 416 g/mol. The molecule has 2 N–H and O–H groups in total. The van der Waals surface area contributed by atoms with Crippen molar-refractivity contribution in [1.82, 2.24) is 20.3 Å². The Morgan fingerprint density at radius 1 is 1.00 bits per heavy atom. The van der Waals surface area contributed by atoms with E-state index in [1.165, 1.54) is 12.4 Å². The number of fused-ring (bicyclic) bond motifs is 4. The smallest absolute Gasteiger partial charge is 0.270 e. The highest BCUT2D eigenvalue weighted by atomic mass is 16.2. The molecular formula is C26H22N4O3. The molecule has 0 saturated carbocycles. The molecule has 5 rings (SSSR count). The molecule has 1 amide bonds. The number of carbonyl (C=O) groups excluding carboxylic acids is 3. The van der Waals surface area contributed by atoms with E-state index in [-0.39, 0.29) is 28.7 Å². The standard InChI is InChI=1S/C26H22N4O3/c1-13-9-19(28-20(10-13)25(33)30-26(2,3)4)14-5-6-18-16(11-14)21-22(29-18)24(32)15-7-8-27-12-17(15)23(21)31/h5-12,29H,1-4H3,(H,30,33). The molecule has 4 aromatic rings. The number of aromatic amines is 1. The van der Waals surface area contributed by atoms with E-state index in [0.29, 0.717) is 39.0 Å². The van der Waals surface area contributed by atoms with Crippen molar-refractivity contribution in [3.8, 4) is 11.3 Å². The molecule has 0 aliphatic heterocycles. The number of nitrogens with zero attached hydrogens (tertiary/aromatic N) is 2. The van der Waals surface area contributed by atoms with Gasteiger partial charge in [-0.05, 0) is 63.6 Å². The number of pyridine rings is 2. The second-order valence-electron chi connectivity index (χ2n) is 9.33. The van der Waals surface area contributed by atoms with Crippen LogP contribution >= 0.6 is 0 Å². The van der Waals surface area contributed by atoms with Gasteiger partial charge in [0.1, 0.15) is 5.69 Å².